The molecule has 0 amide bonds. The summed E-state index contributed by atoms with van der Waals surface area (Å²) in [6, 6.07) is 4.31. The molecule has 0 bridgehead atoms. The summed E-state index contributed by atoms with van der Waals surface area (Å²) in [6.07, 6.45) is 2.19. The van der Waals surface area contributed by atoms with Gasteiger partial charge in [0.05, 0.1) is 6.04 Å². The normalized spacial score (nSPS) is 11.9. The molecule has 0 saturated heterocycles. The number of halogens is 1. The molecule has 0 spiro atoms. The van der Waals surface area contributed by atoms with Crippen LogP contribution in [0.3, 0.4) is 0 Å². The van der Waals surface area contributed by atoms with Crippen molar-refractivity contribution in [1.82, 2.24) is 0 Å². The van der Waals surface area contributed by atoms with Crippen LogP contribution in [0.1, 0.15) is 12.5 Å². The van der Waals surface area contributed by atoms with E-state index in [-0.39, 0.29) is 11.9 Å². The average Bonchev–Trinajstić information content (AvgIpc) is 2.18. The first-order chi connectivity index (χ1) is 6.69. The number of carbonyl (C=O) groups excluding carboxylic acids is 1. The maximum Gasteiger partial charge on any atom is 0.141 e. The van der Waals surface area contributed by atoms with Gasteiger partial charge in [0.2, 0.25) is 0 Å². The quantitative estimate of drug-likeness (QED) is 0.744. The predicted octanol–water partition coefficient (Wildman–Crippen LogP) is 2.47. The van der Waals surface area contributed by atoms with Crippen LogP contribution in [0.2, 0.25) is 0 Å². The van der Waals surface area contributed by atoms with Crippen LogP contribution in [0.25, 0.3) is 6.08 Å². The Kier molecular flexibility index (Phi) is 3.40. The van der Waals surface area contributed by atoms with E-state index >= 15 is 0 Å². The van der Waals surface area contributed by atoms with E-state index in [1.807, 2.05) is 0 Å². The van der Waals surface area contributed by atoms with Gasteiger partial charge in [0.25, 0.3) is 0 Å². The fourth-order valence-corrected chi connectivity index (χ4v) is 1.15. The molecule has 3 heteroatoms. The first-order valence-electron chi connectivity index (χ1n) is 4.31. The van der Waals surface area contributed by atoms with E-state index in [1.54, 1.807) is 19.1 Å². The van der Waals surface area contributed by atoms with E-state index in [0.29, 0.717) is 11.3 Å². The number of rotatable bonds is 4. The molecular formula is C11H12FNO. The van der Waals surface area contributed by atoms with Crippen molar-refractivity contribution in [3.63, 3.8) is 0 Å². The molecule has 0 saturated carbocycles. The minimum Gasteiger partial charge on any atom is -0.375 e. The molecule has 1 unspecified atom stereocenters. The van der Waals surface area contributed by atoms with E-state index in [1.165, 1.54) is 12.1 Å². The lowest BCUT2D eigenvalue weighted by molar-refractivity contribution is -0.108. The second-order valence-electron chi connectivity index (χ2n) is 2.97. The zero-order chi connectivity index (χ0) is 10.6. The summed E-state index contributed by atoms with van der Waals surface area (Å²) in [4.78, 5) is 10.4. The number of carbonyl (C=O) groups is 1. The number of nitrogens with one attached hydrogen (secondary N) is 1. The molecule has 0 radical (unpaired) electrons. The van der Waals surface area contributed by atoms with Crippen LogP contribution < -0.4 is 5.32 Å². The van der Waals surface area contributed by atoms with Gasteiger partial charge in [0, 0.05) is 11.3 Å². The van der Waals surface area contributed by atoms with Crippen LogP contribution in [0.5, 0.6) is 0 Å². The molecule has 0 aliphatic rings. The Morgan fingerprint density at radius 1 is 1.57 bits per heavy atom. The van der Waals surface area contributed by atoms with Crippen molar-refractivity contribution in [3.05, 3.63) is 36.2 Å². The highest BCUT2D eigenvalue weighted by molar-refractivity contribution is 5.71. The van der Waals surface area contributed by atoms with E-state index < -0.39 is 0 Å². The summed E-state index contributed by atoms with van der Waals surface area (Å²) in [5.74, 6) is -0.344. The average molecular weight is 193 g/mol. The summed E-state index contributed by atoms with van der Waals surface area (Å²) < 4.78 is 13.2. The van der Waals surface area contributed by atoms with Gasteiger partial charge in [-0.25, -0.2) is 4.39 Å². The molecule has 0 aliphatic heterocycles. The number of aldehydes is 1. The Morgan fingerprint density at radius 2 is 2.29 bits per heavy atom. The summed E-state index contributed by atoms with van der Waals surface area (Å²) in [5.41, 5.74) is 0.973. The molecular weight excluding hydrogens is 181 g/mol. The topological polar surface area (TPSA) is 29.1 Å². The largest absolute Gasteiger partial charge is 0.375 e. The molecule has 14 heavy (non-hydrogen) atoms. The van der Waals surface area contributed by atoms with Crippen molar-refractivity contribution < 1.29 is 9.18 Å². The van der Waals surface area contributed by atoms with Crippen LogP contribution >= 0.6 is 0 Å². The van der Waals surface area contributed by atoms with Gasteiger partial charge in [0.15, 0.2) is 0 Å². The lowest BCUT2D eigenvalue weighted by Gasteiger charge is -2.12. The second kappa shape index (κ2) is 4.56. The van der Waals surface area contributed by atoms with E-state index in [9.17, 15) is 9.18 Å². The van der Waals surface area contributed by atoms with Crippen LogP contribution in [0.4, 0.5) is 10.1 Å². The van der Waals surface area contributed by atoms with Crippen LogP contribution in [-0.4, -0.2) is 12.3 Å². The molecule has 1 aromatic rings. The van der Waals surface area contributed by atoms with Gasteiger partial charge >= 0.3 is 0 Å². The van der Waals surface area contributed by atoms with Crippen molar-refractivity contribution in [2.24, 2.45) is 0 Å². The molecule has 1 N–H and O–H groups in total. The summed E-state index contributed by atoms with van der Waals surface area (Å²) in [6.45, 7) is 5.22. The molecule has 0 heterocycles. The zero-order valence-corrected chi connectivity index (χ0v) is 7.96. The molecule has 0 fully saturated rings. The lowest BCUT2D eigenvalue weighted by Crippen LogP contribution is -2.17. The maximum atomic E-state index is 13.2. The summed E-state index contributed by atoms with van der Waals surface area (Å²) >= 11 is 0. The lowest BCUT2D eigenvalue weighted by atomic mass is 10.1. The molecule has 1 rings (SSSR count). The van der Waals surface area contributed by atoms with Gasteiger partial charge in [-0.05, 0) is 19.1 Å². The van der Waals surface area contributed by atoms with Gasteiger partial charge in [-0.3, -0.25) is 0 Å². The second-order valence-corrected chi connectivity index (χ2v) is 2.97. The van der Waals surface area contributed by atoms with Gasteiger partial charge in [-0.1, -0.05) is 18.7 Å². The summed E-state index contributed by atoms with van der Waals surface area (Å²) in [5, 5.41) is 2.87. The highest BCUT2D eigenvalue weighted by Crippen LogP contribution is 2.20. The Balaban J connectivity index is 3.01. The third kappa shape index (κ3) is 2.19. The first-order valence-corrected chi connectivity index (χ1v) is 4.31. The van der Waals surface area contributed by atoms with Gasteiger partial charge in [0.1, 0.15) is 12.1 Å². The standard InChI is InChI=1S/C11H12FNO/c1-3-9-10(12)5-4-6-11(9)13-8(2)7-14/h3-8,13H,1H2,2H3. The van der Waals surface area contributed by atoms with Gasteiger partial charge in [-0.2, -0.15) is 0 Å². The number of hydrogen-bond acceptors (Lipinski definition) is 2. The third-order valence-electron chi connectivity index (χ3n) is 1.84. The van der Waals surface area contributed by atoms with Gasteiger partial charge < -0.3 is 10.1 Å². The maximum absolute atomic E-state index is 13.2. The van der Waals surface area contributed by atoms with Crippen LogP contribution in [0, 0.1) is 5.82 Å². The number of anilines is 1. The Bertz CT molecular complexity index is 349. The molecule has 1 atom stereocenters. The highest BCUT2D eigenvalue weighted by atomic mass is 19.1. The van der Waals surface area contributed by atoms with Crippen molar-refractivity contribution in [3.8, 4) is 0 Å². The zero-order valence-electron chi connectivity index (χ0n) is 7.96. The van der Waals surface area contributed by atoms with Gasteiger partial charge in [-0.15, -0.1) is 0 Å². The van der Waals surface area contributed by atoms with E-state index in [4.69, 9.17) is 0 Å². The number of benzene rings is 1. The molecule has 0 aliphatic carbocycles. The highest BCUT2D eigenvalue weighted by Gasteiger charge is 2.06. The fraction of sp³-hybridized carbons (Fsp3) is 0.182. The monoisotopic (exact) mass is 193 g/mol. The van der Waals surface area contributed by atoms with E-state index in [2.05, 4.69) is 11.9 Å². The minimum atomic E-state index is -0.344. The van der Waals surface area contributed by atoms with Crippen molar-refractivity contribution in [2.75, 3.05) is 5.32 Å². The molecule has 0 aromatic heterocycles. The van der Waals surface area contributed by atoms with Crippen molar-refractivity contribution in [2.45, 2.75) is 13.0 Å². The summed E-state index contributed by atoms with van der Waals surface area (Å²) in [7, 11) is 0. The van der Waals surface area contributed by atoms with E-state index in [0.717, 1.165) is 6.29 Å². The fourth-order valence-electron chi connectivity index (χ4n) is 1.15. The molecule has 1 aromatic carbocycles. The van der Waals surface area contributed by atoms with Crippen LogP contribution in [0.15, 0.2) is 24.8 Å². The van der Waals surface area contributed by atoms with Crippen molar-refractivity contribution in [1.29, 1.82) is 0 Å². The Morgan fingerprint density at radius 3 is 2.86 bits per heavy atom. The molecule has 74 valence electrons. The van der Waals surface area contributed by atoms with Crippen LogP contribution in [-0.2, 0) is 4.79 Å². The minimum absolute atomic E-state index is 0.338. The predicted molar refractivity (Wildman–Crippen MR) is 55.6 cm³/mol. The number of hydrogen-bond donors (Lipinski definition) is 1. The first kappa shape index (κ1) is 10.4. The molecule has 2 nitrogen and oxygen atoms in total. The van der Waals surface area contributed by atoms with Crippen molar-refractivity contribution >= 4 is 18.0 Å². The Hall–Kier alpha value is -1.64. The SMILES string of the molecule is C=Cc1c(F)cccc1NC(C)C=O. The third-order valence-corrected chi connectivity index (χ3v) is 1.84. The Labute approximate surface area is 82.4 Å². The smallest absolute Gasteiger partial charge is 0.141 e.